The number of hydrogen-bond acceptors (Lipinski definition) is 3. The lowest BCUT2D eigenvalue weighted by molar-refractivity contribution is 0.0692. The summed E-state index contributed by atoms with van der Waals surface area (Å²) in [6.45, 7) is 0. The van der Waals surface area contributed by atoms with Crippen molar-refractivity contribution >= 4 is 11.7 Å². The molecule has 0 spiro atoms. The number of hydrogen-bond donors (Lipinski definition) is 2. The molecule has 0 bridgehead atoms. The molecule has 66 valence electrons. The monoisotopic (exact) mass is 180 g/mol. The van der Waals surface area contributed by atoms with Crippen molar-refractivity contribution in [3.8, 4) is 6.19 Å². The number of carbonyl (C=O) groups is 1. The summed E-state index contributed by atoms with van der Waals surface area (Å²) < 4.78 is 12.9. The first-order valence-electron chi connectivity index (χ1n) is 3.33. The third-order valence-electron chi connectivity index (χ3n) is 1.40. The average molecular weight is 180 g/mol. The Balaban J connectivity index is 3.07. The maximum absolute atomic E-state index is 12.9. The van der Waals surface area contributed by atoms with E-state index in [1.54, 1.807) is 6.19 Å². The van der Waals surface area contributed by atoms with Gasteiger partial charge in [-0.25, -0.2) is 9.18 Å². The molecule has 0 heterocycles. The van der Waals surface area contributed by atoms with Crippen LogP contribution < -0.4 is 5.32 Å². The van der Waals surface area contributed by atoms with Gasteiger partial charge in [-0.05, 0) is 18.2 Å². The summed E-state index contributed by atoms with van der Waals surface area (Å²) in [4.78, 5) is 10.4. The standard InChI is InChI=1S/C8H5FN2O2/c9-7-3-5(11-4-10)1-2-6(7)8(12)13/h1-3,11H,(H,12,13). The molecule has 2 N–H and O–H groups in total. The van der Waals surface area contributed by atoms with Crippen molar-refractivity contribution in [3.63, 3.8) is 0 Å². The van der Waals surface area contributed by atoms with Crippen LogP contribution in [0, 0.1) is 17.3 Å². The highest BCUT2D eigenvalue weighted by Crippen LogP contribution is 2.13. The number of carboxylic acid groups (broad SMARTS) is 1. The molecule has 0 fully saturated rings. The molecule has 0 amide bonds. The Labute approximate surface area is 73.2 Å². The first-order valence-corrected chi connectivity index (χ1v) is 3.33. The highest BCUT2D eigenvalue weighted by Gasteiger charge is 2.09. The van der Waals surface area contributed by atoms with E-state index in [1.807, 2.05) is 0 Å². The molecule has 0 saturated heterocycles. The lowest BCUT2D eigenvalue weighted by Crippen LogP contribution is -2.00. The van der Waals surface area contributed by atoms with Crippen LogP contribution in [0.25, 0.3) is 0 Å². The van der Waals surface area contributed by atoms with Crippen molar-refractivity contribution in [1.29, 1.82) is 5.26 Å². The van der Waals surface area contributed by atoms with Crippen LogP contribution in [0.15, 0.2) is 18.2 Å². The Morgan fingerprint density at radius 1 is 1.62 bits per heavy atom. The van der Waals surface area contributed by atoms with E-state index in [0.717, 1.165) is 12.1 Å². The van der Waals surface area contributed by atoms with Crippen molar-refractivity contribution in [2.24, 2.45) is 0 Å². The third kappa shape index (κ3) is 1.93. The van der Waals surface area contributed by atoms with Gasteiger partial charge in [-0.3, -0.25) is 5.32 Å². The van der Waals surface area contributed by atoms with E-state index in [1.165, 1.54) is 6.07 Å². The molecule has 0 aromatic heterocycles. The first kappa shape index (κ1) is 9.00. The van der Waals surface area contributed by atoms with Gasteiger partial charge in [-0.1, -0.05) is 0 Å². The molecule has 1 rings (SSSR count). The van der Waals surface area contributed by atoms with Gasteiger partial charge in [0, 0.05) is 0 Å². The molecular formula is C8H5FN2O2. The molecule has 0 aliphatic rings. The number of rotatable bonds is 2. The van der Waals surface area contributed by atoms with Crippen LogP contribution in [0.4, 0.5) is 10.1 Å². The zero-order valence-corrected chi connectivity index (χ0v) is 6.41. The minimum absolute atomic E-state index is 0.227. The van der Waals surface area contributed by atoms with E-state index in [9.17, 15) is 9.18 Å². The summed E-state index contributed by atoms with van der Waals surface area (Å²) in [5.41, 5.74) is -0.187. The fourth-order valence-corrected chi connectivity index (χ4v) is 0.831. The van der Waals surface area contributed by atoms with Crippen LogP contribution in [0.3, 0.4) is 0 Å². The summed E-state index contributed by atoms with van der Waals surface area (Å²) in [6.07, 6.45) is 1.60. The molecule has 5 heteroatoms. The van der Waals surface area contributed by atoms with E-state index < -0.39 is 17.3 Å². The van der Waals surface area contributed by atoms with E-state index in [0.29, 0.717) is 0 Å². The van der Waals surface area contributed by atoms with Crippen molar-refractivity contribution in [3.05, 3.63) is 29.6 Å². The van der Waals surface area contributed by atoms with Crippen LogP contribution in [0.1, 0.15) is 10.4 Å². The van der Waals surface area contributed by atoms with Gasteiger partial charge in [0.05, 0.1) is 11.3 Å². The van der Waals surface area contributed by atoms with Crippen LogP contribution in [0.5, 0.6) is 0 Å². The Morgan fingerprint density at radius 3 is 2.77 bits per heavy atom. The van der Waals surface area contributed by atoms with Gasteiger partial charge >= 0.3 is 5.97 Å². The SMILES string of the molecule is N#CNc1ccc(C(=O)O)c(F)c1. The number of nitrogens with one attached hydrogen (secondary N) is 1. The van der Waals surface area contributed by atoms with E-state index in [-0.39, 0.29) is 5.69 Å². The topological polar surface area (TPSA) is 73.1 Å². The van der Waals surface area contributed by atoms with Crippen LogP contribution in [0.2, 0.25) is 0 Å². The lowest BCUT2D eigenvalue weighted by atomic mass is 10.2. The largest absolute Gasteiger partial charge is 0.478 e. The fraction of sp³-hybridized carbons (Fsp3) is 0. The first-order chi connectivity index (χ1) is 6.15. The second kappa shape index (κ2) is 3.54. The second-order valence-corrected chi connectivity index (χ2v) is 2.24. The molecule has 4 nitrogen and oxygen atoms in total. The Kier molecular flexibility index (Phi) is 2.45. The van der Waals surface area contributed by atoms with Gasteiger partial charge in [0.1, 0.15) is 5.82 Å². The van der Waals surface area contributed by atoms with Gasteiger partial charge in [0.15, 0.2) is 6.19 Å². The summed E-state index contributed by atoms with van der Waals surface area (Å²) in [7, 11) is 0. The van der Waals surface area contributed by atoms with Gasteiger partial charge < -0.3 is 5.11 Å². The van der Waals surface area contributed by atoms with Crippen LogP contribution >= 0.6 is 0 Å². The average Bonchev–Trinajstić information content (AvgIpc) is 2.04. The van der Waals surface area contributed by atoms with E-state index >= 15 is 0 Å². The highest BCUT2D eigenvalue weighted by atomic mass is 19.1. The van der Waals surface area contributed by atoms with Gasteiger partial charge in [-0.15, -0.1) is 0 Å². The van der Waals surface area contributed by atoms with Crippen molar-refractivity contribution < 1.29 is 14.3 Å². The van der Waals surface area contributed by atoms with Gasteiger partial charge in [-0.2, -0.15) is 5.26 Å². The minimum atomic E-state index is -1.33. The number of nitriles is 1. The normalized spacial score (nSPS) is 8.92. The number of halogens is 1. The summed E-state index contributed by atoms with van der Waals surface area (Å²) >= 11 is 0. The molecule has 0 aliphatic carbocycles. The summed E-state index contributed by atoms with van der Waals surface area (Å²) in [5.74, 6) is -2.20. The molecule has 1 aromatic rings. The van der Waals surface area contributed by atoms with Crippen molar-refractivity contribution in [2.75, 3.05) is 5.32 Å². The predicted octanol–water partition coefficient (Wildman–Crippen LogP) is 1.42. The number of aromatic carboxylic acids is 1. The van der Waals surface area contributed by atoms with Crippen LogP contribution in [-0.2, 0) is 0 Å². The van der Waals surface area contributed by atoms with Crippen molar-refractivity contribution in [2.45, 2.75) is 0 Å². The third-order valence-corrected chi connectivity index (χ3v) is 1.40. The van der Waals surface area contributed by atoms with Gasteiger partial charge in [0.25, 0.3) is 0 Å². The van der Waals surface area contributed by atoms with Crippen LogP contribution in [-0.4, -0.2) is 11.1 Å². The quantitative estimate of drug-likeness (QED) is 0.533. The maximum atomic E-state index is 12.9. The molecule has 0 unspecified atom stereocenters. The van der Waals surface area contributed by atoms with Gasteiger partial charge in [0.2, 0.25) is 0 Å². The van der Waals surface area contributed by atoms with E-state index in [4.69, 9.17) is 10.4 Å². The lowest BCUT2D eigenvalue weighted by Gasteiger charge is -1.99. The zero-order chi connectivity index (χ0) is 9.84. The molecule has 1 aromatic carbocycles. The molecule has 0 radical (unpaired) electrons. The van der Waals surface area contributed by atoms with E-state index in [2.05, 4.69) is 5.32 Å². The Morgan fingerprint density at radius 2 is 2.31 bits per heavy atom. The molecule has 0 aliphatic heterocycles. The Hall–Kier alpha value is -2.09. The second-order valence-electron chi connectivity index (χ2n) is 2.24. The maximum Gasteiger partial charge on any atom is 0.338 e. The predicted molar refractivity (Wildman–Crippen MR) is 42.6 cm³/mol. The highest BCUT2D eigenvalue weighted by molar-refractivity contribution is 5.88. The minimum Gasteiger partial charge on any atom is -0.478 e. The molecule has 13 heavy (non-hydrogen) atoms. The summed E-state index contributed by atoms with van der Waals surface area (Å²) in [5, 5.41) is 18.8. The molecule has 0 atom stereocenters. The van der Waals surface area contributed by atoms with Crippen molar-refractivity contribution in [1.82, 2.24) is 0 Å². The number of benzene rings is 1. The zero-order valence-electron chi connectivity index (χ0n) is 6.41. The Bertz CT molecular complexity index is 384. The molecular weight excluding hydrogens is 175 g/mol. The number of anilines is 1. The smallest absolute Gasteiger partial charge is 0.338 e. The molecule has 0 saturated carbocycles. The number of nitrogens with zero attached hydrogens (tertiary/aromatic N) is 1. The number of carboxylic acids is 1. The summed E-state index contributed by atoms with van der Waals surface area (Å²) in [6, 6.07) is 3.36. The fourth-order valence-electron chi connectivity index (χ4n) is 0.831.